The summed E-state index contributed by atoms with van der Waals surface area (Å²) in [6.45, 7) is 5.87. The number of rotatable bonds is 4. The molecule has 3 aromatic rings. The Kier molecular flexibility index (Phi) is 5.56. The lowest BCUT2D eigenvalue weighted by Crippen LogP contribution is -2.24. The molecule has 146 valence electrons. The Labute approximate surface area is 171 Å². The number of carbonyl (C=O) groups is 1. The van der Waals surface area contributed by atoms with Gasteiger partial charge < -0.3 is 10.1 Å². The fraction of sp³-hybridized carbons (Fsp3) is 0.238. The van der Waals surface area contributed by atoms with Gasteiger partial charge in [0.25, 0.3) is 5.91 Å². The third-order valence-electron chi connectivity index (χ3n) is 4.14. The average Bonchev–Trinajstić information content (AvgIpc) is 3.05. The summed E-state index contributed by atoms with van der Waals surface area (Å²) in [7, 11) is 1.49. The van der Waals surface area contributed by atoms with Crippen LogP contribution in [0.25, 0.3) is 11.3 Å². The maximum absolute atomic E-state index is 14.7. The van der Waals surface area contributed by atoms with Crippen LogP contribution in [0.3, 0.4) is 0 Å². The molecule has 0 radical (unpaired) electrons. The monoisotopic (exact) mass is 445 g/mol. The molecule has 1 N–H and O–H groups in total. The van der Waals surface area contributed by atoms with Gasteiger partial charge in [-0.25, -0.2) is 4.39 Å². The minimum atomic E-state index is -0.441. The Balaban J connectivity index is 2.04. The van der Waals surface area contributed by atoms with Crippen molar-refractivity contribution in [3.05, 3.63) is 64.4 Å². The Morgan fingerprint density at radius 3 is 2.46 bits per heavy atom. The van der Waals surface area contributed by atoms with E-state index in [4.69, 9.17) is 4.74 Å². The van der Waals surface area contributed by atoms with E-state index in [0.29, 0.717) is 28.4 Å². The zero-order valence-electron chi connectivity index (χ0n) is 16.1. The standard InChI is InChI=1S/C21H21BrFN3O2/c1-21(2,3)26-16(19-15(23)6-5-7-17(19)28-4)12-18(25-26)24-20(27)13-8-10-14(22)11-9-13/h5-12H,1-4H3,(H,24,25,27). The van der Waals surface area contributed by atoms with Crippen molar-refractivity contribution in [3.63, 3.8) is 0 Å². The second-order valence-electron chi connectivity index (χ2n) is 7.28. The SMILES string of the molecule is COc1cccc(F)c1-c1cc(NC(=O)c2ccc(Br)cc2)nn1C(C)(C)C. The molecule has 0 fully saturated rings. The number of amides is 1. The third kappa shape index (κ3) is 4.09. The van der Waals surface area contributed by atoms with E-state index < -0.39 is 11.4 Å². The van der Waals surface area contributed by atoms with Gasteiger partial charge in [0.05, 0.1) is 23.9 Å². The van der Waals surface area contributed by atoms with Gasteiger partial charge in [0.1, 0.15) is 11.6 Å². The first-order valence-corrected chi connectivity index (χ1v) is 9.50. The number of halogens is 2. The molecular formula is C21H21BrFN3O2. The fourth-order valence-corrected chi connectivity index (χ4v) is 3.11. The largest absolute Gasteiger partial charge is 0.496 e. The lowest BCUT2D eigenvalue weighted by atomic mass is 10.1. The summed E-state index contributed by atoms with van der Waals surface area (Å²) < 4.78 is 22.6. The van der Waals surface area contributed by atoms with Crippen LogP contribution in [0.15, 0.2) is 53.0 Å². The van der Waals surface area contributed by atoms with Crippen molar-refractivity contribution in [2.24, 2.45) is 0 Å². The van der Waals surface area contributed by atoms with E-state index in [1.54, 1.807) is 47.1 Å². The van der Waals surface area contributed by atoms with Crippen LogP contribution in [0.5, 0.6) is 5.75 Å². The molecule has 7 heteroatoms. The van der Waals surface area contributed by atoms with Gasteiger partial charge in [0.2, 0.25) is 0 Å². The molecule has 0 saturated carbocycles. The molecule has 2 aromatic carbocycles. The molecule has 1 heterocycles. The molecule has 0 aliphatic carbocycles. The number of nitrogens with zero attached hydrogens (tertiary/aromatic N) is 2. The first-order valence-electron chi connectivity index (χ1n) is 8.71. The van der Waals surface area contributed by atoms with Gasteiger partial charge in [-0.3, -0.25) is 9.48 Å². The number of ether oxygens (including phenoxy) is 1. The van der Waals surface area contributed by atoms with Gasteiger partial charge in [-0.05, 0) is 57.2 Å². The molecule has 0 saturated heterocycles. The summed E-state index contributed by atoms with van der Waals surface area (Å²) >= 11 is 3.35. The molecule has 0 spiro atoms. The summed E-state index contributed by atoms with van der Waals surface area (Å²) in [4.78, 5) is 12.5. The third-order valence-corrected chi connectivity index (χ3v) is 4.67. The number of benzene rings is 2. The van der Waals surface area contributed by atoms with E-state index in [1.165, 1.54) is 13.2 Å². The van der Waals surface area contributed by atoms with Crippen molar-refractivity contribution < 1.29 is 13.9 Å². The van der Waals surface area contributed by atoms with Crippen molar-refractivity contribution >= 4 is 27.7 Å². The van der Waals surface area contributed by atoms with Gasteiger partial charge in [-0.1, -0.05) is 22.0 Å². The van der Waals surface area contributed by atoms with Crippen molar-refractivity contribution in [1.29, 1.82) is 0 Å². The van der Waals surface area contributed by atoms with E-state index in [0.717, 1.165) is 4.47 Å². The summed E-state index contributed by atoms with van der Waals surface area (Å²) in [5.41, 5.74) is 0.882. The number of aromatic nitrogens is 2. The maximum atomic E-state index is 14.7. The molecule has 3 rings (SSSR count). The normalized spacial score (nSPS) is 11.4. The highest BCUT2D eigenvalue weighted by atomic mass is 79.9. The Morgan fingerprint density at radius 1 is 1.18 bits per heavy atom. The van der Waals surface area contributed by atoms with Crippen LogP contribution in [-0.2, 0) is 5.54 Å². The highest BCUT2D eigenvalue weighted by Gasteiger charge is 2.25. The Hall–Kier alpha value is -2.67. The maximum Gasteiger partial charge on any atom is 0.256 e. The summed E-state index contributed by atoms with van der Waals surface area (Å²) in [6, 6.07) is 13.3. The second-order valence-corrected chi connectivity index (χ2v) is 8.19. The van der Waals surface area contributed by atoms with Gasteiger partial charge in [-0.15, -0.1) is 0 Å². The number of nitrogens with one attached hydrogen (secondary N) is 1. The molecule has 5 nitrogen and oxygen atoms in total. The van der Waals surface area contributed by atoms with E-state index in [1.807, 2.05) is 20.8 Å². The van der Waals surface area contributed by atoms with E-state index in [-0.39, 0.29) is 5.91 Å². The Morgan fingerprint density at radius 2 is 1.86 bits per heavy atom. The first kappa shape index (κ1) is 20.1. The highest BCUT2D eigenvalue weighted by molar-refractivity contribution is 9.10. The number of carbonyl (C=O) groups excluding carboxylic acids is 1. The topological polar surface area (TPSA) is 56.1 Å². The lowest BCUT2D eigenvalue weighted by Gasteiger charge is -2.23. The van der Waals surface area contributed by atoms with Crippen molar-refractivity contribution in [1.82, 2.24) is 9.78 Å². The van der Waals surface area contributed by atoms with E-state index in [9.17, 15) is 9.18 Å². The second kappa shape index (κ2) is 7.75. The van der Waals surface area contributed by atoms with Crippen LogP contribution in [0, 0.1) is 5.82 Å². The zero-order valence-corrected chi connectivity index (χ0v) is 17.7. The lowest BCUT2D eigenvalue weighted by molar-refractivity contribution is 0.102. The van der Waals surface area contributed by atoms with Gasteiger partial charge in [-0.2, -0.15) is 5.10 Å². The van der Waals surface area contributed by atoms with Crippen LogP contribution in [0.4, 0.5) is 10.2 Å². The minimum absolute atomic E-state index is 0.293. The zero-order chi connectivity index (χ0) is 20.5. The molecule has 0 atom stereocenters. The summed E-state index contributed by atoms with van der Waals surface area (Å²) in [5, 5.41) is 7.30. The predicted octanol–water partition coefficient (Wildman–Crippen LogP) is 5.47. The first-order chi connectivity index (χ1) is 13.2. The molecule has 0 aliphatic rings. The van der Waals surface area contributed by atoms with Gasteiger partial charge in [0, 0.05) is 16.1 Å². The summed E-state index contributed by atoms with van der Waals surface area (Å²) in [6.07, 6.45) is 0. The number of hydrogen-bond acceptors (Lipinski definition) is 3. The molecule has 28 heavy (non-hydrogen) atoms. The number of anilines is 1. The minimum Gasteiger partial charge on any atom is -0.496 e. The molecule has 0 aliphatic heterocycles. The average molecular weight is 446 g/mol. The molecule has 1 amide bonds. The van der Waals surface area contributed by atoms with Crippen LogP contribution in [0.2, 0.25) is 0 Å². The quantitative estimate of drug-likeness (QED) is 0.579. The molecular weight excluding hydrogens is 425 g/mol. The van der Waals surface area contributed by atoms with Gasteiger partial charge >= 0.3 is 0 Å². The summed E-state index contributed by atoms with van der Waals surface area (Å²) in [5.74, 6) is 0.0213. The number of methoxy groups -OCH3 is 1. The Bertz CT molecular complexity index is 1010. The van der Waals surface area contributed by atoms with Crippen LogP contribution in [0.1, 0.15) is 31.1 Å². The van der Waals surface area contributed by atoms with Gasteiger partial charge in [0.15, 0.2) is 5.82 Å². The van der Waals surface area contributed by atoms with Crippen LogP contribution in [-0.4, -0.2) is 22.8 Å². The fourth-order valence-electron chi connectivity index (χ4n) is 2.84. The van der Waals surface area contributed by atoms with E-state index in [2.05, 4.69) is 26.3 Å². The van der Waals surface area contributed by atoms with Crippen molar-refractivity contribution in [2.45, 2.75) is 26.3 Å². The van der Waals surface area contributed by atoms with Crippen LogP contribution >= 0.6 is 15.9 Å². The molecule has 0 bridgehead atoms. The predicted molar refractivity (Wildman–Crippen MR) is 111 cm³/mol. The molecule has 1 aromatic heterocycles. The van der Waals surface area contributed by atoms with Crippen molar-refractivity contribution in [3.8, 4) is 17.0 Å². The molecule has 0 unspecified atom stereocenters. The number of hydrogen-bond donors (Lipinski definition) is 1. The van der Waals surface area contributed by atoms with Crippen molar-refractivity contribution in [2.75, 3.05) is 12.4 Å². The smallest absolute Gasteiger partial charge is 0.256 e. The van der Waals surface area contributed by atoms with E-state index >= 15 is 0 Å². The van der Waals surface area contributed by atoms with Crippen LogP contribution < -0.4 is 10.1 Å². The highest BCUT2D eigenvalue weighted by Crippen LogP contribution is 2.36.